The van der Waals surface area contributed by atoms with E-state index in [0.29, 0.717) is 19.0 Å². The lowest BCUT2D eigenvalue weighted by Gasteiger charge is -2.31. The molecule has 1 aliphatic heterocycles. The number of carbonyl (C=O) groups excluding carboxylic acids is 1. The van der Waals surface area contributed by atoms with Crippen molar-refractivity contribution in [2.45, 2.75) is 38.6 Å². The first-order valence-electron chi connectivity index (χ1n) is 7.88. The van der Waals surface area contributed by atoms with Gasteiger partial charge in [-0.15, -0.1) is 0 Å². The van der Waals surface area contributed by atoms with Gasteiger partial charge in [-0.25, -0.2) is 17.5 Å². The number of benzene rings is 1. The number of rotatable bonds is 4. The predicted molar refractivity (Wildman–Crippen MR) is 92.1 cm³/mol. The molecule has 1 saturated heterocycles. The van der Waals surface area contributed by atoms with Gasteiger partial charge in [-0.3, -0.25) is 0 Å². The number of piperidine rings is 1. The van der Waals surface area contributed by atoms with Crippen molar-refractivity contribution in [3.8, 4) is 0 Å². The van der Waals surface area contributed by atoms with E-state index < -0.39 is 10.0 Å². The fourth-order valence-corrected chi connectivity index (χ4v) is 3.58. The monoisotopic (exact) mass is 339 g/mol. The van der Waals surface area contributed by atoms with Gasteiger partial charge in [0.05, 0.1) is 6.26 Å². The number of hydrogen-bond acceptors (Lipinski definition) is 3. The first kappa shape index (κ1) is 17.7. The summed E-state index contributed by atoms with van der Waals surface area (Å²) in [5.41, 5.74) is 1.94. The van der Waals surface area contributed by atoms with E-state index in [1.165, 1.54) is 16.1 Å². The van der Waals surface area contributed by atoms with Crippen molar-refractivity contribution >= 4 is 21.7 Å². The summed E-state index contributed by atoms with van der Waals surface area (Å²) in [6, 6.07) is 7.27. The molecule has 1 aromatic carbocycles. The Bertz CT molecular complexity index is 641. The fourth-order valence-electron chi connectivity index (χ4n) is 2.67. The summed E-state index contributed by atoms with van der Waals surface area (Å²) in [5, 5.41) is 5.64. The van der Waals surface area contributed by atoms with Gasteiger partial charge in [-0.1, -0.05) is 26.0 Å². The molecule has 23 heavy (non-hydrogen) atoms. The van der Waals surface area contributed by atoms with E-state index >= 15 is 0 Å². The molecule has 1 aromatic rings. The molecule has 0 radical (unpaired) electrons. The normalized spacial score (nSPS) is 19.6. The molecular formula is C16H25N3O3S. The average Bonchev–Trinajstić information content (AvgIpc) is 2.47. The summed E-state index contributed by atoms with van der Waals surface area (Å²) in [7, 11) is -3.20. The van der Waals surface area contributed by atoms with E-state index in [9.17, 15) is 13.2 Å². The van der Waals surface area contributed by atoms with Crippen LogP contribution in [0.1, 0.15) is 38.2 Å². The number of nitrogens with zero attached hydrogens (tertiary/aromatic N) is 1. The Morgan fingerprint density at radius 3 is 2.48 bits per heavy atom. The van der Waals surface area contributed by atoms with E-state index in [2.05, 4.69) is 24.5 Å². The lowest BCUT2D eigenvalue weighted by Crippen LogP contribution is -2.50. The van der Waals surface area contributed by atoms with Crippen LogP contribution in [0.2, 0.25) is 0 Å². The van der Waals surface area contributed by atoms with Gasteiger partial charge in [-0.05, 0) is 36.5 Å². The number of amides is 2. The quantitative estimate of drug-likeness (QED) is 0.884. The molecule has 6 nitrogen and oxygen atoms in total. The highest BCUT2D eigenvalue weighted by atomic mass is 32.2. The van der Waals surface area contributed by atoms with Gasteiger partial charge in [-0.2, -0.15) is 0 Å². The molecule has 2 rings (SSSR count). The first-order valence-corrected chi connectivity index (χ1v) is 9.73. The second-order valence-corrected chi connectivity index (χ2v) is 8.32. The zero-order valence-corrected chi connectivity index (χ0v) is 14.7. The molecule has 0 aliphatic carbocycles. The predicted octanol–water partition coefficient (Wildman–Crippen LogP) is 2.36. The summed E-state index contributed by atoms with van der Waals surface area (Å²) < 4.78 is 24.6. The van der Waals surface area contributed by atoms with Crippen molar-refractivity contribution in [1.82, 2.24) is 9.62 Å². The highest BCUT2D eigenvalue weighted by Crippen LogP contribution is 2.17. The van der Waals surface area contributed by atoms with Gasteiger partial charge in [0.25, 0.3) is 0 Å². The lowest BCUT2D eigenvalue weighted by molar-refractivity contribution is 0.236. The van der Waals surface area contributed by atoms with Gasteiger partial charge < -0.3 is 10.6 Å². The SMILES string of the molecule is CC(C)c1ccc(NC(=O)NC2CCCN(S(C)(=O)=O)C2)cc1. The number of carbonyl (C=O) groups is 1. The third-order valence-corrected chi connectivity index (χ3v) is 5.29. The molecule has 0 bridgehead atoms. The van der Waals surface area contributed by atoms with E-state index in [1.54, 1.807) is 0 Å². The van der Waals surface area contributed by atoms with E-state index in [0.717, 1.165) is 18.5 Å². The standard InChI is InChI=1S/C16H25N3O3S/c1-12(2)13-6-8-14(9-7-13)17-16(20)18-15-5-4-10-19(11-15)23(3,21)22/h6-9,12,15H,4-5,10-11H2,1-3H3,(H2,17,18,20). The molecule has 128 valence electrons. The third kappa shape index (κ3) is 5.21. The van der Waals surface area contributed by atoms with Crippen molar-refractivity contribution in [3.63, 3.8) is 0 Å². The topological polar surface area (TPSA) is 78.5 Å². The van der Waals surface area contributed by atoms with Gasteiger partial charge in [0.2, 0.25) is 10.0 Å². The largest absolute Gasteiger partial charge is 0.334 e. The highest BCUT2D eigenvalue weighted by molar-refractivity contribution is 7.88. The zero-order chi connectivity index (χ0) is 17.0. The van der Waals surface area contributed by atoms with Gasteiger partial charge in [0.15, 0.2) is 0 Å². The van der Waals surface area contributed by atoms with E-state index in [1.807, 2.05) is 24.3 Å². The summed E-state index contributed by atoms with van der Waals surface area (Å²) in [4.78, 5) is 12.1. The zero-order valence-electron chi connectivity index (χ0n) is 13.9. The summed E-state index contributed by atoms with van der Waals surface area (Å²) >= 11 is 0. The number of sulfonamides is 1. The fraction of sp³-hybridized carbons (Fsp3) is 0.562. The van der Waals surface area contributed by atoms with Crippen molar-refractivity contribution < 1.29 is 13.2 Å². The molecule has 0 saturated carbocycles. The van der Waals surface area contributed by atoms with Crippen LogP contribution in [0, 0.1) is 0 Å². The second-order valence-electron chi connectivity index (χ2n) is 6.34. The van der Waals surface area contributed by atoms with Gasteiger partial charge in [0, 0.05) is 24.8 Å². The molecule has 0 spiro atoms. The number of nitrogens with one attached hydrogen (secondary N) is 2. The first-order chi connectivity index (χ1) is 10.8. The number of hydrogen-bond donors (Lipinski definition) is 2. The number of urea groups is 1. The van der Waals surface area contributed by atoms with Crippen molar-refractivity contribution in [1.29, 1.82) is 0 Å². The third-order valence-electron chi connectivity index (χ3n) is 4.02. The minimum absolute atomic E-state index is 0.159. The lowest BCUT2D eigenvalue weighted by atomic mass is 10.0. The van der Waals surface area contributed by atoms with Crippen LogP contribution in [0.3, 0.4) is 0 Å². The molecule has 7 heteroatoms. The molecule has 2 N–H and O–H groups in total. The minimum Gasteiger partial charge on any atom is -0.334 e. The van der Waals surface area contributed by atoms with Crippen LogP contribution < -0.4 is 10.6 Å². The molecule has 1 fully saturated rings. The van der Waals surface area contributed by atoms with Crippen LogP contribution in [-0.2, 0) is 10.0 Å². The molecule has 0 aromatic heterocycles. The summed E-state index contributed by atoms with van der Waals surface area (Å²) in [6.07, 6.45) is 2.73. The van der Waals surface area contributed by atoms with E-state index in [4.69, 9.17) is 0 Å². The maximum Gasteiger partial charge on any atom is 0.319 e. The Morgan fingerprint density at radius 2 is 1.91 bits per heavy atom. The minimum atomic E-state index is -3.20. The van der Waals surface area contributed by atoms with Crippen LogP contribution in [0.15, 0.2) is 24.3 Å². The van der Waals surface area contributed by atoms with Crippen LogP contribution in [0.25, 0.3) is 0 Å². The molecular weight excluding hydrogens is 314 g/mol. The van der Waals surface area contributed by atoms with Crippen LogP contribution in [-0.4, -0.2) is 44.1 Å². The Balaban J connectivity index is 1.89. The molecule has 1 aliphatic rings. The molecule has 1 unspecified atom stereocenters. The van der Waals surface area contributed by atoms with Crippen LogP contribution >= 0.6 is 0 Å². The van der Waals surface area contributed by atoms with Crippen LogP contribution in [0.4, 0.5) is 10.5 Å². The Kier molecular flexibility index (Phi) is 5.64. The Hall–Kier alpha value is -1.60. The van der Waals surface area contributed by atoms with Crippen molar-refractivity contribution in [2.75, 3.05) is 24.7 Å². The highest BCUT2D eigenvalue weighted by Gasteiger charge is 2.26. The summed E-state index contributed by atoms with van der Waals surface area (Å²) in [6.45, 7) is 5.09. The Labute approximate surface area is 138 Å². The second kappa shape index (κ2) is 7.31. The average molecular weight is 339 g/mol. The molecule has 1 atom stereocenters. The number of anilines is 1. The molecule has 2 amide bonds. The van der Waals surface area contributed by atoms with Gasteiger partial charge in [0.1, 0.15) is 0 Å². The Morgan fingerprint density at radius 1 is 1.26 bits per heavy atom. The maximum absolute atomic E-state index is 12.1. The molecule has 1 heterocycles. The summed E-state index contributed by atoms with van der Waals surface area (Å²) in [5.74, 6) is 0.446. The smallest absolute Gasteiger partial charge is 0.319 e. The van der Waals surface area contributed by atoms with Gasteiger partial charge >= 0.3 is 6.03 Å². The van der Waals surface area contributed by atoms with Crippen LogP contribution in [0.5, 0.6) is 0 Å². The maximum atomic E-state index is 12.1. The van der Waals surface area contributed by atoms with Crippen molar-refractivity contribution in [3.05, 3.63) is 29.8 Å². The van der Waals surface area contributed by atoms with Crippen molar-refractivity contribution in [2.24, 2.45) is 0 Å². The van der Waals surface area contributed by atoms with E-state index in [-0.39, 0.29) is 12.1 Å².